The van der Waals surface area contributed by atoms with Crippen molar-refractivity contribution in [2.24, 2.45) is 0 Å². The summed E-state index contributed by atoms with van der Waals surface area (Å²) in [6, 6.07) is 5.31. The van der Waals surface area contributed by atoms with Gasteiger partial charge in [0.05, 0.1) is 17.4 Å². The van der Waals surface area contributed by atoms with Crippen molar-refractivity contribution >= 4 is 29.1 Å². The molecule has 1 aliphatic rings. The summed E-state index contributed by atoms with van der Waals surface area (Å²) in [5, 5.41) is 1.17. The number of thioether (sulfide) groups is 1. The molecule has 0 unspecified atom stereocenters. The molecule has 2 nitrogen and oxygen atoms in total. The highest BCUT2D eigenvalue weighted by atomic mass is 35.5. The van der Waals surface area contributed by atoms with Gasteiger partial charge in [-0.2, -0.15) is 11.8 Å². The van der Waals surface area contributed by atoms with Gasteiger partial charge in [-0.3, -0.25) is 4.79 Å². The molecule has 1 saturated carbocycles. The van der Waals surface area contributed by atoms with Crippen LogP contribution in [0.3, 0.4) is 0 Å². The van der Waals surface area contributed by atoms with Gasteiger partial charge < -0.3 is 4.74 Å². The Morgan fingerprint density at radius 3 is 2.75 bits per heavy atom. The van der Waals surface area contributed by atoms with E-state index >= 15 is 0 Å². The zero-order valence-electron chi connectivity index (χ0n) is 11.9. The van der Waals surface area contributed by atoms with E-state index in [9.17, 15) is 4.79 Å². The lowest BCUT2D eigenvalue weighted by atomic mass is 10.0. The molecule has 0 aliphatic heterocycles. The maximum absolute atomic E-state index is 12.2. The minimum Gasteiger partial charge on any atom is -0.492 e. The van der Waals surface area contributed by atoms with Gasteiger partial charge in [0.2, 0.25) is 0 Å². The number of carbonyl (C=O) groups excluding carboxylic acids is 1. The summed E-state index contributed by atoms with van der Waals surface area (Å²) in [6.45, 7) is 2.49. The Balaban J connectivity index is 1.89. The molecule has 2 rings (SSSR count). The zero-order chi connectivity index (χ0) is 14.4. The second-order valence-corrected chi connectivity index (χ2v) is 6.77. The van der Waals surface area contributed by atoms with Gasteiger partial charge in [0, 0.05) is 10.8 Å². The van der Waals surface area contributed by atoms with Crippen LogP contribution < -0.4 is 4.74 Å². The lowest BCUT2D eigenvalue weighted by Crippen LogP contribution is -2.12. The summed E-state index contributed by atoms with van der Waals surface area (Å²) >= 11 is 7.91. The second-order valence-electron chi connectivity index (χ2n) is 5.07. The maximum atomic E-state index is 12.2. The van der Waals surface area contributed by atoms with E-state index in [4.69, 9.17) is 16.3 Å². The van der Waals surface area contributed by atoms with Gasteiger partial charge in [-0.15, -0.1) is 0 Å². The largest absolute Gasteiger partial charge is 0.492 e. The van der Waals surface area contributed by atoms with Crippen LogP contribution in [0.2, 0.25) is 5.02 Å². The first-order chi connectivity index (χ1) is 9.70. The highest BCUT2D eigenvalue weighted by Gasteiger charge is 2.16. The predicted octanol–water partition coefficient (Wildman–Crippen LogP) is 4.99. The molecule has 0 aromatic heterocycles. The van der Waals surface area contributed by atoms with Crippen molar-refractivity contribution in [3.63, 3.8) is 0 Å². The first-order valence-corrected chi connectivity index (χ1v) is 8.70. The summed E-state index contributed by atoms with van der Waals surface area (Å²) < 4.78 is 5.38. The fourth-order valence-electron chi connectivity index (χ4n) is 2.46. The number of hydrogen-bond acceptors (Lipinski definition) is 3. The van der Waals surface area contributed by atoms with Crippen LogP contribution in [0.1, 0.15) is 49.4 Å². The number of hydrogen-bond donors (Lipinski definition) is 0. The lowest BCUT2D eigenvalue weighted by Gasteiger charge is -2.20. The molecule has 1 aromatic carbocycles. The summed E-state index contributed by atoms with van der Waals surface area (Å²) in [6.07, 6.45) is 6.46. The van der Waals surface area contributed by atoms with Crippen molar-refractivity contribution in [3.05, 3.63) is 28.8 Å². The highest BCUT2D eigenvalue weighted by Crippen LogP contribution is 2.30. The Labute approximate surface area is 130 Å². The van der Waals surface area contributed by atoms with E-state index in [1.807, 2.05) is 6.92 Å². The first-order valence-electron chi connectivity index (χ1n) is 7.28. The third-order valence-electron chi connectivity index (χ3n) is 3.56. The number of benzene rings is 1. The van der Waals surface area contributed by atoms with Crippen LogP contribution in [0.15, 0.2) is 18.2 Å². The van der Waals surface area contributed by atoms with E-state index in [1.54, 1.807) is 30.0 Å². The minimum atomic E-state index is 0.158. The van der Waals surface area contributed by atoms with Gasteiger partial charge in [0.1, 0.15) is 5.75 Å². The fraction of sp³-hybridized carbons (Fsp3) is 0.562. The number of ketones is 1. The topological polar surface area (TPSA) is 26.3 Å². The Hall–Kier alpha value is -0.670. The van der Waals surface area contributed by atoms with Crippen molar-refractivity contribution < 1.29 is 9.53 Å². The minimum absolute atomic E-state index is 0.158. The smallest absolute Gasteiger partial charge is 0.172 e. The van der Waals surface area contributed by atoms with Crippen LogP contribution in [0.5, 0.6) is 5.75 Å². The molecule has 0 N–H and O–H groups in total. The number of halogens is 1. The number of carbonyl (C=O) groups is 1. The molecule has 1 aromatic rings. The van der Waals surface area contributed by atoms with Gasteiger partial charge in [-0.25, -0.2) is 0 Å². The molecule has 0 radical (unpaired) electrons. The van der Waals surface area contributed by atoms with Crippen LogP contribution in [0.25, 0.3) is 0 Å². The van der Waals surface area contributed by atoms with E-state index in [2.05, 4.69) is 0 Å². The van der Waals surface area contributed by atoms with Crippen LogP contribution in [0.4, 0.5) is 0 Å². The third-order valence-corrected chi connectivity index (χ3v) is 5.22. The molecular weight excluding hydrogens is 292 g/mol. The maximum Gasteiger partial charge on any atom is 0.172 e. The Bertz CT molecular complexity index is 456. The van der Waals surface area contributed by atoms with E-state index in [0.717, 1.165) is 0 Å². The molecule has 0 amide bonds. The standard InChI is InChI=1S/C16H21ClO2S/c1-2-19-16-9-8-12(10-14(16)17)15(18)11-20-13-6-4-3-5-7-13/h8-10,13H,2-7,11H2,1H3. The molecule has 0 bridgehead atoms. The van der Waals surface area contributed by atoms with Gasteiger partial charge >= 0.3 is 0 Å². The summed E-state index contributed by atoms with van der Waals surface area (Å²) in [7, 11) is 0. The monoisotopic (exact) mass is 312 g/mol. The normalized spacial score (nSPS) is 16.1. The van der Waals surface area contributed by atoms with E-state index in [-0.39, 0.29) is 5.78 Å². The molecule has 20 heavy (non-hydrogen) atoms. The van der Waals surface area contributed by atoms with Gasteiger partial charge in [0.25, 0.3) is 0 Å². The molecule has 0 heterocycles. The first kappa shape index (κ1) is 15.7. The van der Waals surface area contributed by atoms with Crippen molar-refractivity contribution in [2.45, 2.75) is 44.3 Å². The average molecular weight is 313 g/mol. The van der Waals surface area contributed by atoms with Crippen LogP contribution in [-0.2, 0) is 0 Å². The summed E-state index contributed by atoms with van der Waals surface area (Å²) in [5.41, 5.74) is 0.682. The molecule has 110 valence electrons. The van der Waals surface area contributed by atoms with Crippen molar-refractivity contribution in [1.29, 1.82) is 0 Å². The van der Waals surface area contributed by atoms with Crippen molar-refractivity contribution in [1.82, 2.24) is 0 Å². The SMILES string of the molecule is CCOc1ccc(C(=O)CSC2CCCCC2)cc1Cl. The van der Waals surface area contributed by atoms with Gasteiger partial charge in [-0.1, -0.05) is 30.9 Å². The number of ether oxygens (including phenoxy) is 1. The molecule has 0 saturated heterocycles. The quantitative estimate of drug-likeness (QED) is 0.692. The third kappa shape index (κ3) is 4.42. The Morgan fingerprint density at radius 1 is 1.35 bits per heavy atom. The van der Waals surface area contributed by atoms with Crippen LogP contribution in [0, 0.1) is 0 Å². The number of Topliss-reactive ketones (excluding diaryl/α,β-unsaturated/α-hetero) is 1. The van der Waals surface area contributed by atoms with Gasteiger partial charge in [0.15, 0.2) is 5.78 Å². The molecule has 0 atom stereocenters. The van der Waals surface area contributed by atoms with E-state index in [0.29, 0.717) is 33.9 Å². The van der Waals surface area contributed by atoms with E-state index in [1.165, 1.54) is 32.1 Å². The summed E-state index contributed by atoms with van der Waals surface area (Å²) in [5.74, 6) is 1.35. The average Bonchev–Trinajstić information content (AvgIpc) is 2.48. The Kier molecular flexibility index (Phi) is 6.24. The lowest BCUT2D eigenvalue weighted by molar-refractivity contribution is 0.102. The van der Waals surface area contributed by atoms with E-state index < -0.39 is 0 Å². The molecule has 1 aliphatic carbocycles. The van der Waals surface area contributed by atoms with Crippen molar-refractivity contribution in [2.75, 3.05) is 12.4 Å². The summed E-state index contributed by atoms with van der Waals surface area (Å²) in [4.78, 5) is 12.2. The molecule has 0 spiro atoms. The fourth-order valence-corrected chi connectivity index (χ4v) is 3.91. The predicted molar refractivity (Wildman–Crippen MR) is 86.3 cm³/mol. The zero-order valence-corrected chi connectivity index (χ0v) is 13.4. The van der Waals surface area contributed by atoms with Crippen LogP contribution in [-0.4, -0.2) is 23.4 Å². The van der Waals surface area contributed by atoms with Crippen LogP contribution >= 0.6 is 23.4 Å². The number of rotatable bonds is 6. The van der Waals surface area contributed by atoms with Crippen molar-refractivity contribution in [3.8, 4) is 5.75 Å². The molecule has 4 heteroatoms. The molecular formula is C16H21ClO2S. The Morgan fingerprint density at radius 2 is 2.10 bits per heavy atom. The van der Waals surface area contributed by atoms with Gasteiger partial charge in [-0.05, 0) is 38.0 Å². The highest BCUT2D eigenvalue weighted by molar-refractivity contribution is 8.00. The second kappa shape index (κ2) is 7.94. The molecule has 1 fully saturated rings.